The molecule has 0 saturated carbocycles. The number of halogens is 3. The summed E-state index contributed by atoms with van der Waals surface area (Å²) in [4.78, 5) is 25.7. The number of rotatable bonds is 7. The second-order valence-electron chi connectivity index (χ2n) is 8.30. The average molecular weight is 473 g/mol. The smallest absolute Gasteiger partial charge is 0.251 e. The zero-order chi connectivity index (χ0) is 24.3. The lowest BCUT2D eigenvalue weighted by Gasteiger charge is -2.23. The maximum Gasteiger partial charge on any atom is 0.251 e. The number of aliphatic hydroxyl groups excluding tert-OH is 1. The van der Waals surface area contributed by atoms with Gasteiger partial charge in [-0.25, -0.2) is 8.78 Å². The summed E-state index contributed by atoms with van der Waals surface area (Å²) in [5, 5.41) is 15.0. The van der Waals surface area contributed by atoms with Crippen molar-refractivity contribution in [2.24, 2.45) is 0 Å². The number of carbonyl (C=O) groups excluding carboxylic acids is 2. The predicted octanol–water partition coefficient (Wildman–Crippen LogP) is 5.40. The number of anilines is 2. The molecule has 0 fully saturated rings. The molecule has 33 heavy (non-hydrogen) atoms. The van der Waals surface area contributed by atoms with Crippen molar-refractivity contribution in [3.63, 3.8) is 0 Å². The topological polar surface area (TPSA) is 78.4 Å². The minimum Gasteiger partial charge on any atom is -0.394 e. The maximum absolute atomic E-state index is 13.9. The molecule has 5 nitrogen and oxygen atoms in total. The summed E-state index contributed by atoms with van der Waals surface area (Å²) in [6.07, 6.45) is 0. The number of carbonyl (C=O) groups is 2. The highest BCUT2D eigenvalue weighted by Gasteiger charge is 2.22. The lowest BCUT2D eigenvalue weighted by atomic mass is 9.96. The molecule has 0 bridgehead atoms. The van der Waals surface area contributed by atoms with Gasteiger partial charge in [0.25, 0.3) is 5.91 Å². The fraction of sp³-hybridized carbons (Fsp3) is 0.200. The van der Waals surface area contributed by atoms with Gasteiger partial charge in [-0.05, 0) is 68.8 Å². The summed E-state index contributed by atoms with van der Waals surface area (Å²) in [6, 6.07) is 12.4. The van der Waals surface area contributed by atoms with Gasteiger partial charge in [-0.2, -0.15) is 0 Å². The second kappa shape index (κ2) is 9.68. The molecule has 172 valence electrons. The van der Waals surface area contributed by atoms with Crippen LogP contribution >= 0.6 is 11.6 Å². The number of nitrogens with one attached hydrogen (secondary N) is 2. The Morgan fingerprint density at radius 3 is 2.36 bits per heavy atom. The quantitative estimate of drug-likeness (QED) is 0.402. The van der Waals surface area contributed by atoms with E-state index in [0.717, 1.165) is 12.1 Å². The molecular weight excluding hydrogens is 450 g/mol. The SMILES string of the molecule is Cc1ccc(C(=O)NC(C)(C)CO)cc1C(=O)c1ccc(Nc2ccc(F)cc2F)cc1Cl. The fourth-order valence-electron chi connectivity index (χ4n) is 3.10. The zero-order valence-corrected chi connectivity index (χ0v) is 19.1. The Bertz CT molecular complexity index is 1230. The summed E-state index contributed by atoms with van der Waals surface area (Å²) in [5.74, 6) is -2.26. The number of amides is 1. The van der Waals surface area contributed by atoms with Gasteiger partial charge in [0.05, 0.1) is 22.9 Å². The van der Waals surface area contributed by atoms with E-state index >= 15 is 0 Å². The molecule has 3 aromatic rings. The molecular formula is C25H23ClF2N2O3. The molecule has 0 unspecified atom stereocenters. The van der Waals surface area contributed by atoms with Crippen molar-refractivity contribution in [1.82, 2.24) is 5.32 Å². The lowest BCUT2D eigenvalue weighted by molar-refractivity contribution is 0.0869. The first-order valence-electron chi connectivity index (χ1n) is 10.1. The third kappa shape index (κ3) is 5.74. The van der Waals surface area contributed by atoms with Gasteiger partial charge in [-0.15, -0.1) is 0 Å². The molecule has 0 aliphatic heterocycles. The highest BCUT2D eigenvalue weighted by Crippen LogP contribution is 2.28. The van der Waals surface area contributed by atoms with E-state index in [0.29, 0.717) is 16.8 Å². The van der Waals surface area contributed by atoms with Gasteiger partial charge in [-0.3, -0.25) is 9.59 Å². The standard InChI is InChI=1S/C25H23ClF2N2O3/c1-14-4-5-15(24(33)30-25(2,3)13-31)10-19(14)23(32)18-8-7-17(12-20(18)26)29-22-9-6-16(27)11-21(22)28/h4-12,29,31H,13H2,1-3H3,(H,30,33). The number of aryl methyl sites for hydroxylation is 1. The molecule has 0 atom stereocenters. The van der Waals surface area contributed by atoms with E-state index in [1.807, 2.05) is 0 Å². The Hall–Kier alpha value is -3.29. The van der Waals surface area contributed by atoms with Crippen LogP contribution in [0, 0.1) is 18.6 Å². The van der Waals surface area contributed by atoms with E-state index in [1.54, 1.807) is 39.0 Å². The van der Waals surface area contributed by atoms with Crippen LogP contribution in [0.15, 0.2) is 54.6 Å². The molecule has 1 amide bonds. The van der Waals surface area contributed by atoms with E-state index in [9.17, 15) is 23.5 Å². The number of aliphatic hydroxyl groups is 1. The highest BCUT2D eigenvalue weighted by atomic mass is 35.5. The van der Waals surface area contributed by atoms with Crippen molar-refractivity contribution >= 4 is 34.7 Å². The van der Waals surface area contributed by atoms with Gasteiger partial charge in [-0.1, -0.05) is 17.7 Å². The Morgan fingerprint density at radius 1 is 1.00 bits per heavy atom. The van der Waals surface area contributed by atoms with Crippen LogP contribution in [0.4, 0.5) is 20.2 Å². The van der Waals surface area contributed by atoms with Crippen LogP contribution in [0.3, 0.4) is 0 Å². The first-order chi connectivity index (χ1) is 15.5. The summed E-state index contributed by atoms with van der Waals surface area (Å²) < 4.78 is 27.0. The van der Waals surface area contributed by atoms with Crippen LogP contribution in [0.5, 0.6) is 0 Å². The number of ketones is 1. The van der Waals surface area contributed by atoms with Gasteiger partial charge in [0, 0.05) is 28.4 Å². The fourth-order valence-corrected chi connectivity index (χ4v) is 3.36. The molecule has 3 N–H and O–H groups in total. The van der Waals surface area contributed by atoms with Crippen LogP contribution in [0.2, 0.25) is 5.02 Å². The first-order valence-corrected chi connectivity index (χ1v) is 10.5. The molecule has 0 radical (unpaired) electrons. The van der Waals surface area contributed by atoms with E-state index < -0.39 is 23.1 Å². The molecule has 3 aromatic carbocycles. The predicted molar refractivity (Wildman–Crippen MR) is 124 cm³/mol. The molecule has 0 aliphatic rings. The number of benzene rings is 3. The molecule has 0 saturated heterocycles. The van der Waals surface area contributed by atoms with Crippen LogP contribution in [0.25, 0.3) is 0 Å². The van der Waals surface area contributed by atoms with E-state index in [4.69, 9.17) is 11.6 Å². The lowest BCUT2D eigenvalue weighted by Crippen LogP contribution is -2.46. The number of hydrogen-bond donors (Lipinski definition) is 3. The average Bonchev–Trinajstić information content (AvgIpc) is 2.75. The maximum atomic E-state index is 13.9. The van der Waals surface area contributed by atoms with Crippen LogP contribution < -0.4 is 10.6 Å². The van der Waals surface area contributed by atoms with Crippen LogP contribution in [-0.4, -0.2) is 28.9 Å². The molecule has 3 rings (SSSR count). The van der Waals surface area contributed by atoms with Gasteiger partial charge < -0.3 is 15.7 Å². The summed E-state index contributed by atoms with van der Waals surface area (Å²) in [7, 11) is 0. The number of hydrogen-bond acceptors (Lipinski definition) is 4. The third-order valence-corrected chi connectivity index (χ3v) is 5.33. The van der Waals surface area contributed by atoms with Crippen molar-refractivity contribution in [3.8, 4) is 0 Å². The first kappa shape index (κ1) is 24.4. The van der Waals surface area contributed by atoms with E-state index in [-0.39, 0.29) is 34.2 Å². The molecule has 0 spiro atoms. The molecule has 0 aromatic heterocycles. The minimum atomic E-state index is -0.817. The molecule has 0 aliphatic carbocycles. The Balaban J connectivity index is 1.87. The summed E-state index contributed by atoms with van der Waals surface area (Å²) in [5.41, 5.74) is 1.10. The zero-order valence-electron chi connectivity index (χ0n) is 18.3. The van der Waals surface area contributed by atoms with Crippen molar-refractivity contribution in [2.45, 2.75) is 26.3 Å². The van der Waals surface area contributed by atoms with Crippen molar-refractivity contribution < 1.29 is 23.5 Å². The Labute approximate surface area is 195 Å². The van der Waals surface area contributed by atoms with Gasteiger partial charge in [0.2, 0.25) is 0 Å². The van der Waals surface area contributed by atoms with Gasteiger partial charge in [0.1, 0.15) is 11.6 Å². The largest absolute Gasteiger partial charge is 0.394 e. The van der Waals surface area contributed by atoms with Gasteiger partial charge >= 0.3 is 0 Å². The van der Waals surface area contributed by atoms with Crippen LogP contribution in [-0.2, 0) is 0 Å². The monoisotopic (exact) mass is 472 g/mol. The second-order valence-corrected chi connectivity index (χ2v) is 8.71. The summed E-state index contributed by atoms with van der Waals surface area (Å²) >= 11 is 6.34. The van der Waals surface area contributed by atoms with Crippen LogP contribution in [0.1, 0.15) is 45.7 Å². The highest BCUT2D eigenvalue weighted by molar-refractivity contribution is 6.35. The molecule has 8 heteroatoms. The van der Waals surface area contributed by atoms with E-state index in [1.165, 1.54) is 24.3 Å². The summed E-state index contributed by atoms with van der Waals surface area (Å²) in [6.45, 7) is 4.86. The van der Waals surface area contributed by atoms with Crippen molar-refractivity contribution in [3.05, 3.63) is 93.5 Å². The third-order valence-electron chi connectivity index (χ3n) is 5.02. The minimum absolute atomic E-state index is 0.0619. The Morgan fingerprint density at radius 2 is 1.73 bits per heavy atom. The van der Waals surface area contributed by atoms with Crippen molar-refractivity contribution in [2.75, 3.05) is 11.9 Å². The Kier molecular flexibility index (Phi) is 7.15. The van der Waals surface area contributed by atoms with Crippen molar-refractivity contribution in [1.29, 1.82) is 0 Å². The normalized spacial score (nSPS) is 11.2. The van der Waals surface area contributed by atoms with E-state index in [2.05, 4.69) is 10.6 Å². The van der Waals surface area contributed by atoms with Gasteiger partial charge in [0.15, 0.2) is 5.78 Å². The molecule has 0 heterocycles.